The molecule has 0 unspecified atom stereocenters. The maximum absolute atomic E-state index is 12.5. The standard InChI is InChI=1S/C21H20N4O3/c1-13-8-14(2)10-17(9-13)25-20(26)18-11-19(23-12-22-18)24-16-6-4-15(5-7-16)21(27)28-3/h4-12H,1-3H3,(H,25,26)(H,22,23,24). The molecule has 7 heteroatoms. The van der Waals surface area contributed by atoms with Gasteiger partial charge in [0, 0.05) is 17.4 Å². The number of rotatable bonds is 5. The van der Waals surface area contributed by atoms with Crippen LogP contribution in [0.1, 0.15) is 32.0 Å². The molecule has 0 saturated carbocycles. The average molecular weight is 376 g/mol. The summed E-state index contributed by atoms with van der Waals surface area (Å²) >= 11 is 0. The van der Waals surface area contributed by atoms with E-state index in [0.717, 1.165) is 11.1 Å². The molecule has 3 aromatic rings. The zero-order valence-corrected chi connectivity index (χ0v) is 15.8. The zero-order valence-electron chi connectivity index (χ0n) is 15.8. The third-order valence-corrected chi connectivity index (χ3v) is 3.96. The number of ether oxygens (including phenoxy) is 1. The number of esters is 1. The molecule has 2 N–H and O–H groups in total. The average Bonchev–Trinajstić information content (AvgIpc) is 2.67. The lowest BCUT2D eigenvalue weighted by molar-refractivity contribution is 0.0600. The fourth-order valence-corrected chi connectivity index (χ4v) is 2.75. The van der Waals surface area contributed by atoms with E-state index < -0.39 is 5.97 Å². The lowest BCUT2D eigenvalue weighted by atomic mass is 10.1. The maximum atomic E-state index is 12.5. The van der Waals surface area contributed by atoms with Crippen LogP contribution in [0.15, 0.2) is 54.9 Å². The van der Waals surface area contributed by atoms with Gasteiger partial charge < -0.3 is 15.4 Å². The number of nitrogens with zero attached hydrogens (tertiary/aromatic N) is 2. The molecule has 2 aromatic carbocycles. The van der Waals surface area contributed by atoms with Gasteiger partial charge in [-0.05, 0) is 61.4 Å². The Bertz CT molecular complexity index is 996. The molecule has 1 amide bonds. The molecule has 0 saturated heterocycles. The molecule has 3 rings (SSSR count). The van der Waals surface area contributed by atoms with Crippen LogP contribution in [0.5, 0.6) is 0 Å². The molecule has 0 aliphatic rings. The second-order valence-electron chi connectivity index (χ2n) is 6.31. The zero-order chi connectivity index (χ0) is 20.1. The first-order chi connectivity index (χ1) is 13.4. The summed E-state index contributed by atoms with van der Waals surface area (Å²) in [5.74, 6) is -0.262. The predicted molar refractivity (Wildman–Crippen MR) is 107 cm³/mol. The van der Waals surface area contributed by atoms with E-state index in [9.17, 15) is 9.59 Å². The first-order valence-corrected chi connectivity index (χ1v) is 8.62. The van der Waals surface area contributed by atoms with Crippen molar-refractivity contribution >= 4 is 29.1 Å². The van der Waals surface area contributed by atoms with Gasteiger partial charge in [0.15, 0.2) is 0 Å². The number of methoxy groups -OCH3 is 1. The molecule has 1 heterocycles. The Balaban J connectivity index is 1.72. The highest BCUT2D eigenvalue weighted by atomic mass is 16.5. The molecule has 0 aliphatic carbocycles. The molecule has 0 fully saturated rings. The Morgan fingerprint density at radius 1 is 0.893 bits per heavy atom. The third kappa shape index (κ3) is 4.70. The lowest BCUT2D eigenvalue weighted by Gasteiger charge is -2.09. The number of amides is 1. The van der Waals surface area contributed by atoms with E-state index >= 15 is 0 Å². The number of benzene rings is 2. The van der Waals surface area contributed by atoms with Crippen molar-refractivity contribution in [1.82, 2.24) is 9.97 Å². The second kappa shape index (κ2) is 8.30. The fourth-order valence-electron chi connectivity index (χ4n) is 2.75. The van der Waals surface area contributed by atoms with Crippen LogP contribution in [0.2, 0.25) is 0 Å². The Kier molecular flexibility index (Phi) is 5.64. The molecule has 142 valence electrons. The van der Waals surface area contributed by atoms with Gasteiger partial charge in [0.2, 0.25) is 0 Å². The van der Waals surface area contributed by atoms with Crippen LogP contribution in [0.25, 0.3) is 0 Å². The van der Waals surface area contributed by atoms with Crippen molar-refractivity contribution in [2.24, 2.45) is 0 Å². The predicted octanol–water partition coefficient (Wildman–Crippen LogP) is 3.88. The molecule has 1 aromatic heterocycles. The maximum Gasteiger partial charge on any atom is 0.337 e. The smallest absolute Gasteiger partial charge is 0.337 e. The highest BCUT2D eigenvalue weighted by molar-refractivity contribution is 6.03. The number of aromatic nitrogens is 2. The molecule has 28 heavy (non-hydrogen) atoms. The Morgan fingerprint density at radius 3 is 2.21 bits per heavy atom. The number of aryl methyl sites for hydroxylation is 2. The summed E-state index contributed by atoms with van der Waals surface area (Å²) in [6, 6.07) is 14.1. The SMILES string of the molecule is COC(=O)c1ccc(Nc2cc(C(=O)Nc3cc(C)cc(C)c3)ncn2)cc1. The van der Waals surface area contributed by atoms with Crippen molar-refractivity contribution < 1.29 is 14.3 Å². The van der Waals surface area contributed by atoms with Gasteiger partial charge in [0.1, 0.15) is 17.8 Å². The highest BCUT2D eigenvalue weighted by Crippen LogP contribution is 2.18. The first-order valence-electron chi connectivity index (χ1n) is 8.62. The van der Waals surface area contributed by atoms with E-state index in [1.54, 1.807) is 30.3 Å². The summed E-state index contributed by atoms with van der Waals surface area (Å²) in [6.07, 6.45) is 1.32. The van der Waals surface area contributed by atoms with E-state index in [4.69, 9.17) is 0 Å². The van der Waals surface area contributed by atoms with Gasteiger partial charge in [-0.25, -0.2) is 14.8 Å². The molecule has 0 spiro atoms. The minimum atomic E-state index is -0.404. The van der Waals surface area contributed by atoms with Crippen molar-refractivity contribution in [3.05, 3.63) is 77.2 Å². The van der Waals surface area contributed by atoms with Crippen LogP contribution in [-0.4, -0.2) is 29.0 Å². The van der Waals surface area contributed by atoms with Crippen molar-refractivity contribution in [3.8, 4) is 0 Å². The van der Waals surface area contributed by atoms with Crippen molar-refractivity contribution in [1.29, 1.82) is 0 Å². The lowest BCUT2D eigenvalue weighted by Crippen LogP contribution is -2.14. The topological polar surface area (TPSA) is 93.2 Å². The summed E-state index contributed by atoms with van der Waals surface area (Å²) in [5, 5.41) is 5.93. The first kappa shape index (κ1) is 19.0. The summed E-state index contributed by atoms with van der Waals surface area (Å²) in [7, 11) is 1.33. The van der Waals surface area contributed by atoms with Gasteiger partial charge in [0.25, 0.3) is 5.91 Å². The van der Waals surface area contributed by atoms with Crippen LogP contribution in [0, 0.1) is 13.8 Å². The molecule has 0 radical (unpaired) electrons. The largest absolute Gasteiger partial charge is 0.465 e. The number of anilines is 3. The van der Waals surface area contributed by atoms with Gasteiger partial charge in [-0.15, -0.1) is 0 Å². The highest BCUT2D eigenvalue weighted by Gasteiger charge is 2.10. The Morgan fingerprint density at radius 2 is 1.57 bits per heavy atom. The van der Waals surface area contributed by atoms with Gasteiger partial charge in [-0.2, -0.15) is 0 Å². The number of carbonyl (C=O) groups excluding carboxylic acids is 2. The molecule has 0 bridgehead atoms. The van der Waals surface area contributed by atoms with E-state index in [0.29, 0.717) is 22.8 Å². The number of nitrogens with one attached hydrogen (secondary N) is 2. The van der Waals surface area contributed by atoms with Crippen LogP contribution < -0.4 is 10.6 Å². The fraction of sp³-hybridized carbons (Fsp3) is 0.143. The van der Waals surface area contributed by atoms with Crippen LogP contribution in [0.4, 0.5) is 17.2 Å². The van der Waals surface area contributed by atoms with Gasteiger partial charge in [0.05, 0.1) is 12.7 Å². The van der Waals surface area contributed by atoms with E-state index in [2.05, 4.69) is 25.3 Å². The van der Waals surface area contributed by atoms with Crippen LogP contribution in [0.3, 0.4) is 0 Å². The molecule has 0 atom stereocenters. The molecular formula is C21H20N4O3. The quantitative estimate of drug-likeness (QED) is 0.657. The summed E-state index contributed by atoms with van der Waals surface area (Å²) in [4.78, 5) is 32.2. The summed E-state index contributed by atoms with van der Waals surface area (Å²) in [5.41, 5.74) is 4.25. The summed E-state index contributed by atoms with van der Waals surface area (Å²) < 4.78 is 4.68. The molecular weight excluding hydrogens is 356 g/mol. The van der Waals surface area contributed by atoms with E-state index in [-0.39, 0.29) is 11.6 Å². The summed E-state index contributed by atoms with van der Waals surface area (Å²) in [6.45, 7) is 3.95. The van der Waals surface area contributed by atoms with Gasteiger partial charge >= 0.3 is 5.97 Å². The monoisotopic (exact) mass is 376 g/mol. The Hall–Kier alpha value is -3.74. The molecule has 7 nitrogen and oxygen atoms in total. The minimum absolute atomic E-state index is 0.239. The van der Waals surface area contributed by atoms with Crippen molar-refractivity contribution in [3.63, 3.8) is 0 Å². The van der Waals surface area contributed by atoms with E-state index in [1.807, 2.05) is 32.0 Å². The van der Waals surface area contributed by atoms with Gasteiger partial charge in [-0.1, -0.05) is 6.07 Å². The van der Waals surface area contributed by atoms with E-state index in [1.165, 1.54) is 13.4 Å². The third-order valence-electron chi connectivity index (χ3n) is 3.96. The number of hydrogen-bond donors (Lipinski definition) is 2. The van der Waals surface area contributed by atoms with Crippen molar-refractivity contribution in [2.45, 2.75) is 13.8 Å². The minimum Gasteiger partial charge on any atom is -0.465 e. The number of hydrogen-bond acceptors (Lipinski definition) is 6. The van der Waals surface area contributed by atoms with Crippen LogP contribution >= 0.6 is 0 Å². The van der Waals surface area contributed by atoms with Gasteiger partial charge in [-0.3, -0.25) is 4.79 Å². The second-order valence-corrected chi connectivity index (χ2v) is 6.31. The molecule has 0 aliphatic heterocycles. The van der Waals surface area contributed by atoms with Crippen molar-refractivity contribution in [2.75, 3.05) is 17.7 Å². The number of carbonyl (C=O) groups is 2. The Labute approximate surface area is 162 Å². The normalized spacial score (nSPS) is 10.2. The van der Waals surface area contributed by atoms with Crippen LogP contribution in [-0.2, 0) is 4.74 Å².